The fourth-order valence-electron chi connectivity index (χ4n) is 2.74. The Morgan fingerprint density at radius 2 is 2.15 bits per heavy atom. The van der Waals surface area contributed by atoms with Gasteiger partial charge in [-0.15, -0.1) is 0 Å². The van der Waals surface area contributed by atoms with Gasteiger partial charge in [0.25, 0.3) is 0 Å². The topological polar surface area (TPSA) is 0 Å². The van der Waals surface area contributed by atoms with Crippen LogP contribution >= 0.6 is 0 Å². The summed E-state index contributed by atoms with van der Waals surface area (Å²) >= 11 is 0. The molecule has 0 heterocycles. The first kappa shape index (κ1) is 9.05. The highest BCUT2D eigenvalue weighted by Crippen LogP contribution is 2.53. The van der Waals surface area contributed by atoms with Crippen molar-refractivity contribution in [3.8, 4) is 0 Å². The molecule has 0 amide bonds. The van der Waals surface area contributed by atoms with Crippen molar-refractivity contribution in [3.05, 3.63) is 23.3 Å². The van der Waals surface area contributed by atoms with Gasteiger partial charge in [-0.1, -0.05) is 51.0 Å². The molecule has 2 aliphatic carbocycles. The third-order valence-electron chi connectivity index (χ3n) is 4.15. The van der Waals surface area contributed by atoms with E-state index < -0.39 is 0 Å². The van der Waals surface area contributed by atoms with Crippen LogP contribution < -0.4 is 0 Å². The van der Waals surface area contributed by atoms with Crippen molar-refractivity contribution in [2.45, 2.75) is 40.5 Å². The van der Waals surface area contributed by atoms with Crippen molar-refractivity contribution in [2.24, 2.45) is 17.3 Å². The Labute approximate surface area is 81.7 Å². The van der Waals surface area contributed by atoms with E-state index in [9.17, 15) is 0 Å². The fourth-order valence-corrected chi connectivity index (χ4v) is 2.74. The average Bonchev–Trinajstić information content (AvgIpc) is 2.54. The molecule has 0 heteroatoms. The van der Waals surface area contributed by atoms with Gasteiger partial charge in [0.2, 0.25) is 0 Å². The second-order valence-corrected chi connectivity index (χ2v) is 5.16. The Bertz CT molecular complexity index is 278. The molecular formula is C13H20. The van der Waals surface area contributed by atoms with Crippen LogP contribution in [0.5, 0.6) is 0 Å². The minimum absolute atomic E-state index is 0.443. The molecule has 0 saturated heterocycles. The van der Waals surface area contributed by atoms with Gasteiger partial charge in [0, 0.05) is 0 Å². The number of rotatable bonds is 1. The van der Waals surface area contributed by atoms with Crippen molar-refractivity contribution < 1.29 is 0 Å². The highest BCUT2D eigenvalue weighted by Gasteiger charge is 2.42. The molecule has 13 heavy (non-hydrogen) atoms. The Morgan fingerprint density at radius 1 is 1.46 bits per heavy atom. The molecule has 0 nitrogen and oxygen atoms in total. The quantitative estimate of drug-likeness (QED) is 0.567. The van der Waals surface area contributed by atoms with Crippen molar-refractivity contribution in [3.63, 3.8) is 0 Å². The van der Waals surface area contributed by atoms with Crippen LogP contribution in [-0.2, 0) is 0 Å². The van der Waals surface area contributed by atoms with E-state index in [1.165, 1.54) is 12.8 Å². The van der Waals surface area contributed by atoms with E-state index in [0.717, 1.165) is 11.8 Å². The summed E-state index contributed by atoms with van der Waals surface area (Å²) in [6.07, 6.45) is 7.50. The standard InChI is InChI=1S/C13H20/c1-5-10-7-11-6-9(2)13(3,4)12(11)8-10/h7-9,11H,5-6H2,1-4H3. The molecular weight excluding hydrogens is 156 g/mol. The second-order valence-electron chi connectivity index (χ2n) is 5.16. The molecule has 72 valence electrons. The minimum Gasteiger partial charge on any atom is -0.0741 e. The molecule has 2 rings (SSSR count). The normalized spacial score (nSPS) is 35.7. The zero-order valence-electron chi connectivity index (χ0n) is 9.22. The molecule has 0 spiro atoms. The summed E-state index contributed by atoms with van der Waals surface area (Å²) in [6, 6.07) is 0. The zero-order chi connectivity index (χ0) is 9.64. The molecule has 0 radical (unpaired) electrons. The largest absolute Gasteiger partial charge is 0.0741 e. The van der Waals surface area contributed by atoms with Crippen molar-refractivity contribution in [2.75, 3.05) is 0 Å². The van der Waals surface area contributed by atoms with Crippen LogP contribution in [0.1, 0.15) is 40.5 Å². The Balaban J connectivity index is 2.31. The zero-order valence-corrected chi connectivity index (χ0v) is 9.22. The van der Waals surface area contributed by atoms with Crippen LogP contribution in [0.3, 0.4) is 0 Å². The lowest BCUT2D eigenvalue weighted by Gasteiger charge is -2.25. The van der Waals surface area contributed by atoms with E-state index in [-0.39, 0.29) is 0 Å². The van der Waals surface area contributed by atoms with Gasteiger partial charge in [-0.25, -0.2) is 0 Å². The molecule has 0 aromatic rings. The minimum atomic E-state index is 0.443. The van der Waals surface area contributed by atoms with Crippen LogP contribution in [0.15, 0.2) is 23.3 Å². The molecule has 1 saturated carbocycles. The van der Waals surface area contributed by atoms with E-state index in [4.69, 9.17) is 0 Å². The van der Waals surface area contributed by atoms with Crippen molar-refractivity contribution >= 4 is 0 Å². The summed E-state index contributed by atoms with van der Waals surface area (Å²) in [5.74, 6) is 1.62. The van der Waals surface area contributed by atoms with Gasteiger partial charge in [0.1, 0.15) is 0 Å². The van der Waals surface area contributed by atoms with Crippen LogP contribution in [0.4, 0.5) is 0 Å². The lowest BCUT2D eigenvalue weighted by Crippen LogP contribution is -2.16. The van der Waals surface area contributed by atoms with Gasteiger partial charge in [-0.3, -0.25) is 0 Å². The Morgan fingerprint density at radius 3 is 2.69 bits per heavy atom. The van der Waals surface area contributed by atoms with Gasteiger partial charge in [-0.05, 0) is 30.1 Å². The van der Waals surface area contributed by atoms with Crippen LogP contribution in [-0.4, -0.2) is 0 Å². The first-order valence-corrected chi connectivity index (χ1v) is 5.48. The van der Waals surface area contributed by atoms with Crippen LogP contribution in [0, 0.1) is 17.3 Å². The molecule has 0 aromatic heterocycles. The van der Waals surface area contributed by atoms with Gasteiger partial charge in [0.15, 0.2) is 0 Å². The molecule has 2 aliphatic rings. The van der Waals surface area contributed by atoms with Crippen molar-refractivity contribution in [1.29, 1.82) is 0 Å². The number of hydrogen-bond acceptors (Lipinski definition) is 0. The highest BCUT2D eigenvalue weighted by atomic mass is 14.5. The lowest BCUT2D eigenvalue weighted by molar-refractivity contribution is 0.331. The Hall–Kier alpha value is -0.520. The molecule has 1 fully saturated rings. The number of hydrogen-bond donors (Lipinski definition) is 0. The maximum Gasteiger partial charge on any atom is -0.000594 e. The van der Waals surface area contributed by atoms with Gasteiger partial charge in [0.05, 0.1) is 0 Å². The van der Waals surface area contributed by atoms with E-state index in [2.05, 4.69) is 39.8 Å². The summed E-state index contributed by atoms with van der Waals surface area (Å²) < 4.78 is 0. The summed E-state index contributed by atoms with van der Waals surface area (Å²) in [6.45, 7) is 9.44. The molecule has 2 unspecified atom stereocenters. The highest BCUT2D eigenvalue weighted by molar-refractivity contribution is 5.41. The molecule has 2 atom stereocenters. The SMILES string of the molecule is CCC1=CC2CC(C)C(C)(C)C2=C1. The first-order chi connectivity index (χ1) is 6.05. The third kappa shape index (κ3) is 1.19. The Kier molecular flexibility index (Phi) is 1.90. The predicted molar refractivity (Wildman–Crippen MR) is 57.5 cm³/mol. The summed E-state index contributed by atoms with van der Waals surface area (Å²) in [4.78, 5) is 0. The third-order valence-corrected chi connectivity index (χ3v) is 4.15. The smallest absolute Gasteiger partial charge is 0.000594 e. The molecule has 0 N–H and O–H groups in total. The second kappa shape index (κ2) is 2.73. The van der Waals surface area contributed by atoms with E-state index >= 15 is 0 Å². The molecule has 0 bridgehead atoms. The van der Waals surface area contributed by atoms with E-state index in [0.29, 0.717) is 5.41 Å². The summed E-state index contributed by atoms with van der Waals surface area (Å²) in [7, 11) is 0. The molecule has 0 aliphatic heterocycles. The lowest BCUT2D eigenvalue weighted by atomic mass is 9.79. The van der Waals surface area contributed by atoms with E-state index in [1.54, 1.807) is 11.1 Å². The van der Waals surface area contributed by atoms with Crippen LogP contribution in [0.25, 0.3) is 0 Å². The monoisotopic (exact) mass is 176 g/mol. The van der Waals surface area contributed by atoms with Gasteiger partial charge in [-0.2, -0.15) is 0 Å². The molecule has 0 aromatic carbocycles. The maximum absolute atomic E-state index is 2.49. The van der Waals surface area contributed by atoms with Crippen molar-refractivity contribution in [1.82, 2.24) is 0 Å². The predicted octanol–water partition coefficient (Wildman–Crippen LogP) is 3.95. The summed E-state index contributed by atoms with van der Waals surface area (Å²) in [5, 5.41) is 0. The first-order valence-electron chi connectivity index (χ1n) is 5.48. The number of allylic oxidation sites excluding steroid dienone is 4. The average molecular weight is 176 g/mol. The van der Waals surface area contributed by atoms with Gasteiger partial charge >= 0.3 is 0 Å². The van der Waals surface area contributed by atoms with Crippen LogP contribution in [0.2, 0.25) is 0 Å². The fraction of sp³-hybridized carbons (Fsp3) is 0.692. The van der Waals surface area contributed by atoms with Gasteiger partial charge < -0.3 is 0 Å². The van der Waals surface area contributed by atoms with E-state index in [1.807, 2.05) is 0 Å². The summed E-state index contributed by atoms with van der Waals surface area (Å²) in [5.41, 5.74) is 3.69. The number of fused-ring (bicyclic) bond motifs is 1. The maximum atomic E-state index is 2.49.